The maximum absolute atomic E-state index is 5.41. The van der Waals surface area contributed by atoms with Gasteiger partial charge in [0.15, 0.2) is 8.99 Å². The maximum atomic E-state index is 5.41. The molecule has 0 saturated carbocycles. The van der Waals surface area contributed by atoms with Crippen LogP contribution in [0.1, 0.15) is 0 Å². The van der Waals surface area contributed by atoms with E-state index >= 15 is 0 Å². The van der Waals surface area contributed by atoms with E-state index in [2.05, 4.69) is 4.98 Å². The standard InChI is InChI=1S/C2H7Cl3N2Si/c3-7(4)2-1-6-8-5/h6H,1-2,8H2. The number of nitrogens with one attached hydrogen (secondary N) is 1. The number of halogens is 3. The lowest BCUT2D eigenvalue weighted by Gasteiger charge is -2.01. The first-order valence-corrected chi connectivity index (χ1v) is 5.65. The van der Waals surface area contributed by atoms with Gasteiger partial charge in [-0.3, -0.25) is 0 Å². The van der Waals surface area contributed by atoms with Crippen molar-refractivity contribution in [1.82, 2.24) is 8.92 Å². The molecule has 6 heteroatoms. The third-order valence-electron chi connectivity index (χ3n) is 0.552. The molecule has 0 unspecified atom stereocenters. The highest BCUT2D eigenvalue weighted by atomic mass is 35.6. The Kier molecular flexibility index (Phi) is 6.90. The van der Waals surface area contributed by atoms with E-state index in [0.29, 0.717) is 6.54 Å². The molecule has 0 saturated heterocycles. The van der Waals surface area contributed by atoms with Crippen molar-refractivity contribution in [3.05, 3.63) is 0 Å². The second kappa shape index (κ2) is 6.13. The smallest absolute Gasteiger partial charge is 0.195 e. The van der Waals surface area contributed by atoms with Crippen LogP contribution in [0.15, 0.2) is 0 Å². The van der Waals surface area contributed by atoms with Gasteiger partial charge < -0.3 is 4.98 Å². The lowest BCUT2D eigenvalue weighted by atomic mass is 10.7. The second-order valence-electron chi connectivity index (χ2n) is 1.16. The van der Waals surface area contributed by atoms with Crippen LogP contribution in [0.25, 0.3) is 0 Å². The van der Waals surface area contributed by atoms with Gasteiger partial charge in [-0.2, -0.15) is 11.1 Å². The van der Waals surface area contributed by atoms with Gasteiger partial charge in [-0.15, -0.1) is 3.94 Å². The highest BCUT2D eigenvalue weighted by Gasteiger charge is 1.91. The van der Waals surface area contributed by atoms with Gasteiger partial charge in [-0.25, -0.2) is 0 Å². The van der Waals surface area contributed by atoms with Crippen LogP contribution in [-0.4, -0.2) is 26.0 Å². The Hall–Kier alpha value is 1.01. The summed E-state index contributed by atoms with van der Waals surface area (Å²) in [5.41, 5.74) is 0. The molecule has 0 aliphatic carbocycles. The zero-order chi connectivity index (χ0) is 6.41. The predicted molar refractivity (Wildman–Crippen MR) is 40.8 cm³/mol. The molecule has 0 aromatic rings. The molecule has 0 spiro atoms. The van der Waals surface area contributed by atoms with Crippen molar-refractivity contribution in [2.75, 3.05) is 13.1 Å². The molecule has 0 heterocycles. The fourth-order valence-corrected chi connectivity index (χ4v) is 1.09. The third-order valence-corrected chi connectivity index (χ3v) is 2.00. The highest BCUT2D eigenvalue weighted by Crippen LogP contribution is 1.94. The Morgan fingerprint density at radius 2 is 2.12 bits per heavy atom. The molecule has 0 rings (SSSR count). The van der Waals surface area contributed by atoms with Gasteiger partial charge in [0.2, 0.25) is 0 Å². The summed E-state index contributed by atoms with van der Waals surface area (Å²) < 4.78 is 1.08. The molecular formula is C2H7Cl3N2Si. The Labute approximate surface area is 65.9 Å². The summed E-state index contributed by atoms with van der Waals surface area (Å²) in [7, 11) is -0.551. The van der Waals surface area contributed by atoms with Crippen molar-refractivity contribution in [1.29, 1.82) is 0 Å². The molecule has 1 N–H and O–H groups in total. The minimum Gasteiger partial charge on any atom is -0.329 e. The Morgan fingerprint density at radius 1 is 1.50 bits per heavy atom. The Morgan fingerprint density at radius 3 is 2.50 bits per heavy atom. The molecule has 0 radical (unpaired) electrons. The molecule has 0 aliphatic heterocycles. The van der Waals surface area contributed by atoms with Gasteiger partial charge in [0.25, 0.3) is 0 Å². The van der Waals surface area contributed by atoms with E-state index in [1.807, 2.05) is 0 Å². The van der Waals surface area contributed by atoms with Crippen LogP contribution in [-0.2, 0) is 0 Å². The molecule has 50 valence electrons. The molecule has 0 aromatic heterocycles. The summed E-state index contributed by atoms with van der Waals surface area (Å²) in [6.07, 6.45) is 0. The topological polar surface area (TPSA) is 15.3 Å². The molecule has 0 fully saturated rings. The fourth-order valence-electron chi connectivity index (χ4n) is 0.230. The van der Waals surface area contributed by atoms with E-state index < -0.39 is 8.99 Å². The van der Waals surface area contributed by atoms with Crippen LogP contribution in [0.4, 0.5) is 0 Å². The quantitative estimate of drug-likeness (QED) is 0.301. The Bertz CT molecular complexity index is 52.5. The van der Waals surface area contributed by atoms with E-state index in [9.17, 15) is 0 Å². The fraction of sp³-hybridized carbons (Fsp3) is 1.00. The van der Waals surface area contributed by atoms with Crippen LogP contribution in [0.5, 0.6) is 0 Å². The number of hydrogen-bond acceptors (Lipinski definition) is 2. The van der Waals surface area contributed by atoms with E-state index in [1.165, 1.54) is 0 Å². The first-order valence-electron chi connectivity index (χ1n) is 2.13. The minimum atomic E-state index is -0.551. The lowest BCUT2D eigenvalue weighted by Crippen LogP contribution is -2.22. The van der Waals surface area contributed by atoms with Gasteiger partial charge in [-0.05, 0) is 23.6 Å². The molecule has 2 nitrogen and oxygen atoms in total. The van der Waals surface area contributed by atoms with Crippen molar-refractivity contribution < 1.29 is 0 Å². The minimum absolute atomic E-state index is 0.551. The molecule has 0 bridgehead atoms. The number of hydrogen-bond donors (Lipinski definition) is 1. The molecular weight excluding hydrogens is 186 g/mol. The van der Waals surface area contributed by atoms with E-state index in [0.717, 1.165) is 10.5 Å². The Balaban J connectivity index is 2.72. The summed E-state index contributed by atoms with van der Waals surface area (Å²) in [6, 6.07) is 0. The SMILES string of the molecule is Cl[SiH2]NCCN(Cl)Cl. The van der Waals surface area contributed by atoms with Gasteiger partial charge in [0.1, 0.15) is 0 Å². The average molecular weight is 194 g/mol. The van der Waals surface area contributed by atoms with Gasteiger partial charge in [0, 0.05) is 13.1 Å². The first kappa shape index (κ1) is 9.01. The summed E-state index contributed by atoms with van der Waals surface area (Å²) >= 11 is 15.9. The van der Waals surface area contributed by atoms with Crippen LogP contribution >= 0.6 is 34.6 Å². The first-order chi connectivity index (χ1) is 3.77. The van der Waals surface area contributed by atoms with E-state index in [1.54, 1.807) is 0 Å². The largest absolute Gasteiger partial charge is 0.329 e. The van der Waals surface area contributed by atoms with E-state index in [-0.39, 0.29) is 0 Å². The zero-order valence-electron chi connectivity index (χ0n) is 4.20. The zero-order valence-corrected chi connectivity index (χ0v) is 7.88. The van der Waals surface area contributed by atoms with Gasteiger partial charge in [0.05, 0.1) is 0 Å². The lowest BCUT2D eigenvalue weighted by molar-refractivity contribution is 0.683. The van der Waals surface area contributed by atoms with Crippen molar-refractivity contribution in [3.63, 3.8) is 0 Å². The van der Waals surface area contributed by atoms with Gasteiger partial charge >= 0.3 is 0 Å². The third kappa shape index (κ3) is 7.01. The molecule has 0 amide bonds. The van der Waals surface area contributed by atoms with E-state index in [4.69, 9.17) is 34.6 Å². The average Bonchev–Trinajstić information content (AvgIpc) is 1.66. The van der Waals surface area contributed by atoms with Crippen molar-refractivity contribution in [2.45, 2.75) is 0 Å². The summed E-state index contributed by atoms with van der Waals surface area (Å²) in [6.45, 7) is 1.38. The molecule has 8 heavy (non-hydrogen) atoms. The van der Waals surface area contributed by atoms with Crippen LogP contribution < -0.4 is 4.98 Å². The van der Waals surface area contributed by atoms with Crippen LogP contribution in [0, 0.1) is 0 Å². The van der Waals surface area contributed by atoms with Crippen LogP contribution in [0.3, 0.4) is 0 Å². The predicted octanol–water partition coefficient (Wildman–Crippen LogP) is 0.423. The van der Waals surface area contributed by atoms with Crippen LogP contribution in [0.2, 0.25) is 0 Å². The van der Waals surface area contributed by atoms with Crippen molar-refractivity contribution in [2.24, 2.45) is 0 Å². The number of rotatable bonds is 4. The summed E-state index contributed by atoms with van der Waals surface area (Å²) in [5.74, 6) is 0. The molecule has 0 aromatic carbocycles. The maximum Gasteiger partial charge on any atom is 0.195 e. The number of nitrogens with zero attached hydrogens (tertiary/aromatic N) is 1. The molecule has 0 atom stereocenters. The normalized spacial score (nSPS) is 12.0. The van der Waals surface area contributed by atoms with Gasteiger partial charge in [-0.1, -0.05) is 0 Å². The van der Waals surface area contributed by atoms with Crippen molar-refractivity contribution >= 4 is 43.6 Å². The summed E-state index contributed by atoms with van der Waals surface area (Å²) in [4.78, 5) is 2.97. The molecule has 0 aliphatic rings. The highest BCUT2D eigenvalue weighted by molar-refractivity contribution is 6.92. The summed E-state index contributed by atoms with van der Waals surface area (Å²) in [5, 5.41) is 0. The monoisotopic (exact) mass is 192 g/mol. The van der Waals surface area contributed by atoms with Crippen molar-refractivity contribution in [3.8, 4) is 0 Å². The second-order valence-corrected chi connectivity index (χ2v) is 3.72.